The third kappa shape index (κ3) is 3.95. The van der Waals surface area contributed by atoms with Crippen LogP contribution in [0.3, 0.4) is 0 Å². The summed E-state index contributed by atoms with van der Waals surface area (Å²) in [6.07, 6.45) is 1.29. The summed E-state index contributed by atoms with van der Waals surface area (Å²) in [7, 11) is -1.28. The van der Waals surface area contributed by atoms with Crippen LogP contribution < -0.4 is 9.97 Å². The first-order valence-corrected chi connectivity index (χ1v) is 7.63. The van der Waals surface area contributed by atoms with Crippen molar-refractivity contribution in [1.82, 2.24) is 5.32 Å². The van der Waals surface area contributed by atoms with Gasteiger partial charge in [-0.05, 0) is 37.5 Å². The maximum Gasteiger partial charge on any atom is 0.547 e. The highest BCUT2D eigenvalue weighted by atomic mass is 16.5. The first-order valence-electron chi connectivity index (χ1n) is 7.63. The van der Waals surface area contributed by atoms with E-state index in [1.54, 1.807) is 6.92 Å². The summed E-state index contributed by atoms with van der Waals surface area (Å²) in [5.41, 5.74) is 0.583. The molecule has 0 saturated heterocycles. The lowest BCUT2D eigenvalue weighted by Gasteiger charge is -2.29. The molecule has 0 aromatic heterocycles. The Hall–Kier alpha value is -2.22. The Balaban J connectivity index is 2.26. The molecule has 1 amide bonds. The van der Waals surface area contributed by atoms with Crippen LogP contribution in [0.15, 0.2) is 12.1 Å². The Morgan fingerprint density at radius 3 is 2.83 bits per heavy atom. The van der Waals surface area contributed by atoms with Crippen molar-refractivity contribution in [3.63, 3.8) is 0 Å². The molecular weight excluding hydrogens is 301 g/mol. The molecule has 3 N–H and O–H groups in total. The molecule has 23 heavy (non-hydrogen) atoms. The number of amides is 1. The van der Waals surface area contributed by atoms with Crippen LogP contribution in [0.25, 0.3) is 0 Å². The first-order chi connectivity index (χ1) is 11.0. The number of nitrogens with one attached hydrogen (secondary N) is 1. The molecule has 7 nitrogen and oxygen atoms in total. The Morgan fingerprint density at radius 2 is 2.17 bits per heavy atom. The summed E-state index contributed by atoms with van der Waals surface area (Å²) in [4.78, 5) is 23.7. The fraction of sp³-hybridized carbons (Fsp3) is 0.467. The second kappa shape index (κ2) is 7.37. The number of rotatable bonds is 5. The Bertz CT molecular complexity index is 606. The largest absolute Gasteiger partial charge is 0.547 e. The summed E-state index contributed by atoms with van der Waals surface area (Å²) in [5.74, 6) is -1.40. The molecular formula is C15H20BNO6. The zero-order valence-corrected chi connectivity index (χ0v) is 13.2. The van der Waals surface area contributed by atoms with Crippen molar-refractivity contribution in [2.75, 3.05) is 6.61 Å². The summed E-state index contributed by atoms with van der Waals surface area (Å²) in [5, 5.41) is 22.6. The molecule has 8 heteroatoms. The zero-order chi connectivity index (χ0) is 17.0. The van der Waals surface area contributed by atoms with Crippen LogP contribution in [0.2, 0.25) is 0 Å². The van der Waals surface area contributed by atoms with Crippen LogP contribution in [0.5, 0.6) is 11.5 Å². The van der Waals surface area contributed by atoms with Gasteiger partial charge < -0.3 is 24.8 Å². The molecule has 0 spiro atoms. The molecule has 1 aromatic carbocycles. The average Bonchev–Trinajstić information content (AvgIpc) is 2.48. The van der Waals surface area contributed by atoms with Gasteiger partial charge in [-0.2, -0.15) is 0 Å². The second-order valence-corrected chi connectivity index (χ2v) is 5.34. The molecule has 1 aliphatic heterocycles. The third-order valence-electron chi connectivity index (χ3n) is 3.49. The van der Waals surface area contributed by atoms with Gasteiger partial charge in [0.25, 0.3) is 0 Å². The molecule has 0 saturated carbocycles. The fourth-order valence-electron chi connectivity index (χ4n) is 2.49. The maximum atomic E-state index is 12.0. The number of carbonyl (C=O) groups excluding carboxylic acids is 2. The maximum absolute atomic E-state index is 12.0. The van der Waals surface area contributed by atoms with Gasteiger partial charge in [0.2, 0.25) is 5.91 Å². The van der Waals surface area contributed by atoms with Crippen molar-refractivity contribution < 1.29 is 29.1 Å². The van der Waals surface area contributed by atoms with E-state index >= 15 is 0 Å². The Labute approximate surface area is 134 Å². The highest BCUT2D eigenvalue weighted by Crippen LogP contribution is 2.34. The number of carbonyl (C=O) groups is 2. The van der Waals surface area contributed by atoms with Crippen molar-refractivity contribution >= 4 is 19.0 Å². The van der Waals surface area contributed by atoms with Crippen molar-refractivity contribution in [1.29, 1.82) is 0 Å². The van der Waals surface area contributed by atoms with E-state index in [-0.39, 0.29) is 36.0 Å². The van der Waals surface area contributed by atoms with E-state index in [1.165, 1.54) is 12.1 Å². The van der Waals surface area contributed by atoms with E-state index in [9.17, 15) is 19.7 Å². The molecule has 2 rings (SSSR count). The molecule has 1 heterocycles. The topological polar surface area (TPSA) is 105 Å². The van der Waals surface area contributed by atoms with Crippen molar-refractivity contribution in [2.45, 2.75) is 39.1 Å². The SMILES string of the molecule is CCCC(=O)NC1Cc2cc(O)cc(C(=O)OCC)c2OB1O. The van der Waals surface area contributed by atoms with Crippen LogP contribution in [-0.4, -0.2) is 41.7 Å². The molecule has 0 aliphatic carbocycles. The van der Waals surface area contributed by atoms with Gasteiger partial charge in [0, 0.05) is 6.42 Å². The minimum absolute atomic E-state index is 0.0548. The van der Waals surface area contributed by atoms with Gasteiger partial charge in [0.15, 0.2) is 0 Å². The fourth-order valence-corrected chi connectivity index (χ4v) is 2.49. The molecule has 1 aromatic rings. The van der Waals surface area contributed by atoms with Gasteiger partial charge >= 0.3 is 13.1 Å². The zero-order valence-electron chi connectivity index (χ0n) is 13.2. The van der Waals surface area contributed by atoms with Gasteiger partial charge in [0.1, 0.15) is 17.1 Å². The van der Waals surface area contributed by atoms with E-state index in [4.69, 9.17) is 9.39 Å². The van der Waals surface area contributed by atoms with Crippen LogP contribution in [0.4, 0.5) is 0 Å². The van der Waals surface area contributed by atoms with Crippen LogP contribution in [0, 0.1) is 0 Å². The van der Waals surface area contributed by atoms with E-state index < -0.39 is 19.0 Å². The predicted octanol–water partition coefficient (Wildman–Crippen LogP) is 0.808. The quantitative estimate of drug-likeness (QED) is 0.547. The number of ether oxygens (including phenoxy) is 1. The van der Waals surface area contributed by atoms with Crippen molar-refractivity contribution in [3.8, 4) is 11.5 Å². The number of aromatic hydroxyl groups is 1. The summed E-state index contributed by atoms with van der Waals surface area (Å²) < 4.78 is 10.3. The Morgan fingerprint density at radius 1 is 1.43 bits per heavy atom. The molecule has 1 unspecified atom stereocenters. The van der Waals surface area contributed by atoms with Gasteiger partial charge in [0.05, 0.1) is 12.5 Å². The number of phenolic OH excluding ortho intramolecular Hbond substituents is 1. The highest BCUT2D eigenvalue weighted by molar-refractivity contribution is 6.47. The normalized spacial score (nSPS) is 16.3. The lowest BCUT2D eigenvalue weighted by Crippen LogP contribution is -2.53. The number of esters is 1. The predicted molar refractivity (Wildman–Crippen MR) is 83.2 cm³/mol. The molecule has 0 radical (unpaired) electrons. The van der Waals surface area contributed by atoms with Crippen molar-refractivity contribution in [2.24, 2.45) is 0 Å². The Kier molecular flexibility index (Phi) is 5.49. The van der Waals surface area contributed by atoms with Crippen LogP contribution >= 0.6 is 0 Å². The first kappa shape index (κ1) is 17.1. The molecule has 0 fully saturated rings. The molecule has 0 bridgehead atoms. The van der Waals surface area contributed by atoms with Crippen LogP contribution in [-0.2, 0) is 16.0 Å². The lowest BCUT2D eigenvalue weighted by atomic mass is 9.72. The smallest absolute Gasteiger partial charge is 0.534 e. The minimum atomic E-state index is -1.28. The summed E-state index contributed by atoms with van der Waals surface area (Å²) >= 11 is 0. The van der Waals surface area contributed by atoms with E-state index in [2.05, 4.69) is 5.32 Å². The van der Waals surface area contributed by atoms with Crippen LogP contribution in [0.1, 0.15) is 42.6 Å². The number of phenols is 1. The average molecular weight is 321 g/mol. The summed E-state index contributed by atoms with van der Waals surface area (Å²) in [6.45, 7) is 3.73. The number of hydrogen-bond acceptors (Lipinski definition) is 6. The van der Waals surface area contributed by atoms with Gasteiger partial charge in [-0.3, -0.25) is 4.79 Å². The van der Waals surface area contributed by atoms with E-state index in [0.29, 0.717) is 18.4 Å². The van der Waals surface area contributed by atoms with Gasteiger partial charge in [-0.1, -0.05) is 6.92 Å². The van der Waals surface area contributed by atoms with E-state index in [0.717, 1.165) is 0 Å². The molecule has 1 aliphatic rings. The number of fused-ring (bicyclic) bond motifs is 1. The lowest BCUT2D eigenvalue weighted by molar-refractivity contribution is -0.121. The second-order valence-electron chi connectivity index (χ2n) is 5.34. The monoisotopic (exact) mass is 321 g/mol. The van der Waals surface area contributed by atoms with Gasteiger partial charge in [-0.25, -0.2) is 4.79 Å². The van der Waals surface area contributed by atoms with Crippen molar-refractivity contribution in [3.05, 3.63) is 23.3 Å². The number of benzene rings is 1. The standard InChI is InChI=1S/C15H20BNO6/c1-3-5-13(19)17-12-7-9-6-10(18)8-11(15(20)22-4-2)14(9)23-16(12)21/h6,8,12,18,21H,3-5,7H2,1-2H3,(H,17,19). The third-order valence-corrected chi connectivity index (χ3v) is 3.49. The molecule has 1 atom stereocenters. The number of hydrogen-bond donors (Lipinski definition) is 3. The molecule has 124 valence electrons. The highest BCUT2D eigenvalue weighted by Gasteiger charge is 2.38. The van der Waals surface area contributed by atoms with E-state index in [1.807, 2.05) is 6.92 Å². The van der Waals surface area contributed by atoms with Gasteiger partial charge in [-0.15, -0.1) is 0 Å². The minimum Gasteiger partial charge on any atom is -0.534 e. The summed E-state index contributed by atoms with van der Waals surface area (Å²) in [6, 6.07) is 2.68.